The highest BCUT2D eigenvalue weighted by Crippen LogP contribution is 2.23. The Kier molecular flexibility index (Phi) is 17.6. The van der Waals surface area contributed by atoms with Crippen LogP contribution in [0.2, 0.25) is 0 Å². The Morgan fingerprint density at radius 3 is 2.10 bits per heavy atom. The van der Waals surface area contributed by atoms with Crippen LogP contribution in [0.5, 0.6) is 5.75 Å². The van der Waals surface area contributed by atoms with E-state index < -0.39 is 6.04 Å². The number of nitrogens with one attached hydrogen (secondary N) is 2. The Morgan fingerprint density at radius 2 is 1.49 bits per heavy atom. The number of carbonyl (C=O) groups excluding carboxylic acids is 2. The fraction of sp³-hybridized carbons (Fsp3) is 0.758. The maximum Gasteiger partial charge on any atom is 0.245 e. The van der Waals surface area contributed by atoms with Crippen molar-refractivity contribution in [2.45, 2.75) is 129 Å². The van der Waals surface area contributed by atoms with Crippen molar-refractivity contribution < 1.29 is 19.1 Å². The van der Waals surface area contributed by atoms with E-state index in [2.05, 4.69) is 24.5 Å². The number of carbonyl (C=O) groups is 2. The number of benzene rings is 1. The summed E-state index contributed by atoms with van der Waals surface area (Å²) in [5.74, 6) is 1.91. The van der Waals surface area contributed by atoms with Crippen molar-refractivity contribution >= 4 is 11.8 Å². The lowest BCUT2D eigenvalue weighted by molar-refractivity contribution is -0.131. The molecule has 1 saturated carbocycles. The molecule has 0 spiro atoms. The number of rotatable bonds is 21. The van der Waals surface area contributed by atoms with E-state index in [9.17, 15) is 9.59 Å². The predicted molar refractivity (Wildman–Crippen MR) is 160 cm³/mol. The summed E-state index contributed by atoms with van der Waals surface area (Å²) < 4.78 is 11.2. The Morgan fingerprint density at radius 1 is 0.872 bits per heavy atom. The second-order valence-electron chi connectivity index (χ2n) is 11.8. The molecule has 1 atom stereocenters. The zero-order valence-corrected chi connectivity index (χ0v) is 25.1. The van der Waals surface area contributed by atoms with E-state index in [1.165, 1.54) is 83.5 Å². The van der Waals surface area contributed by atoms with Gasteiger partial charge in [0.1, 0.15) is 11.8 Å². The molecule has 6 heteroatoms. The van der Waals surface area contributed by atoms with Gasteiger partial charge in [-0.05, 0) is 48.8 Å². The molecule has 0 aromatic heterocycles. The maximum atomic E-state index is 13.0. The van der Waals surface area contributed by atoms with Gasteiger partial charge in [-0.1, -0.05) is 103 Å². The van der Waals surface area contributed by atoms with Gasteiger partial charge >= 0.3 is 0 Å². The zero-order chi connectivity index (χ0) is 28.1. The second kappa shape index (κ2) is 20.8. The minimum absolute atomic E-state index is 0.0639. The number of hydrogen-bond donors (Lipinski definition) is 2. The number of unbranched alkanes of at least 4 members (excludes halogenated alkanes) is 8. The molecule has 0 bridgehead atoms. The lowest BCUT2D eigenvalue weighted by Gasteiger charge is -2.23. The van der Waals surface area contributed by atoms with Crippen LogP contribution in [0, 0.1) is 11.8 Å². The van der Waals surface area contributed by atoms with E-state index in [0.717, 1.165) is 30.1 Å². The van der Waals surface area contributed by atoms with Gasteiger partial charge in [-0.3, -0.25) is 9.59 Å². The molecule has 1 aromatic rings. The van der Waals surface area contributed by atoms with Crippen LogP contribution in [-0.2, 0) is 20.9 Å². The van der Waals surface area contributed by atoms with Gasteiger partial charge in [0.05, 0.1) is 13.7 Å². The highest BCUT2D eigenvalue weighted by molar-refractivity contribution is 5.87. The van der Waals surface area contributed by atoms with Gasteiger partial charge in [-0.25, -0.2) is 0 Å². The van der Waals surface area contributed by atoms with Crippen LogP contribution >= 0.6 is 0 Å². The van der Waals surface area contributed by atoms with Crippen molar-refractivity contribution in [1.82, 2.24) is 10.6 Å². The highest BCUT2D eigenvalue weighted by Gasteiger charge is 2.22. The normalized spacial score (nSPS) is 14.8. The van der Waals surface area contributed by atoms with Crippen LogP contribution in [-0.4, -0.2) is 38.2 Å². The van der Waals surface area contributed by atoms with E-state index in [1.807, 2.05) is 24.3 Å². The molecule has 0 heterocycles. The van der Waals surface area contributed by atoms with Gasteiger partial charge in [0.2, 0.25) is 11.8 Å². The van der Waals surface area contributed by atoms with Crippen molar-refractivity contribution in [3.63, 3.8) is 0 Å². The van der Waals surface area contributed by atoms with Crippen molar-refractivity contribution in [3.05, 3.63) is 29.8 Å². The lowest BCUT2D eigenvalue weighted by atomic mass is 9.90. The van der Waals surface area contributed by atoms with Crippen LogP contribution in [0.1, 0.15) is 122 Å². The van der Waals surface area contributed by atoms with E-state index in [-0.39, 0.29) is 18.4 Å². The summed E-state index contributed by atoms with van der Waals surface area (Å²) in [6, 6.07) is 6.94. The molecule has 1 fully saturated rings. The third kappa shape index (κ3) is 15.9. The molecule has 0 unspecified atom stereocenters. The van der Waals surface area contributed by atoms with Gasteiger partial charge in [-0.15, -0.1) is 0 Å². The Hall–Kier alpha value is -2.08. The molecule has 1 aliphatic rings. The van der Waals surface area contributed by atoms with E-state index in [4.69, 9.17) is 9.47 Å². The summed E-state index contributed by atoms with van der Waals surface area (Å²) in [5.41, 5.74) is 0.980. The maximum absolute atomic E-state index is 13.0. The minimum atomic E-state index is -0.671. The first-order chi connectivity index (χ1) is 19.0. The highest BCUT2D eigenvalue weighted by atomic mass is 16.5. The molecule has 1 aliphatic carbocycles. The van der Waals surface area contributed by atoms with Gasteiger partial charge in [-0.2, -0.15) is 0 Å². The summed E-state index contributed by atoms with van der Waals surface area (Å²) in [7, 11) is 1.63. The van der Waals surface area contributed by atoms with Gasteiger partial charge in [0.25, 0.3) is 0 Å². The molecular formula is C33H56N2O4. The number of methoxy groups -OCH3 is 1. The van der Waals surface area contributed by atoms with Gasteiger partial charge in [0.15, 0.2) is 0 Å². The van der Waals surface area contributed by atoms with Crippen LogP contribution in [0.25, 0.3) is 0 Å². The van der Waals surface area contributed by atoms with Crippen LogP contribution < -0.4 is 15.4 Å². The summed E-state index contributed by atoms with van der Waals surface area (Å²) in [4.78, 5) is 25.7. The molecule has 39 heavy (non-hydrogen) atoms. The van der Waals surface area contributed by atoms with Crippen molar-refractivity contribution in [1.29, 1.82) is 0 Å². The SMILES string of the molecule is COc1ccc(CNC(=O)[C@H](COCC2CCCCC2)NC(=O)CCCCCCCCCCCC(C)C)cc1. The fourth-order valence-electron chi connectivity index (χ4n) is 5.29. The first-order valence-corrected chi connectivity index (χ1v) is 15.8. The second-order valence-corrected chi connectivity index (χ2v) is 11.8. The molecule has 1 aromatic carbocycles. The Balaban J connectivity index is 1.67. The van der Waals surface area contributed by atoms with Crippen LogP contribution in [0.3, 0.4) is 0 Å². The molecule has 0 radical (unpaired) electrons. The van der Waals surface area contributed by atoms with E-state index in [0.29, 0.717) is 25.5 Å². The molecular weight excluding hydrogens is 488 g/mol. The molecule has 0 aliphatic heterocycles. The topological polar surface area (TPSA) is 76.7 Å². The molecule has 2 rings (SSSR count). The number of hydrogen-bond acceptors (Lipinski definition) is 4. The summed E-state index contributed by atoms with van der Waals surface area (Å²) in [5, 5.41) is 5.92. The Bertz CT molecular complexity index is 774. The quantitative estimate of drug-likeness (QED) is 0.159. The van der Waals surface area contributed by atoms with Crippen LogP contribution in [0.15, 0.2) is 24.3 Å². The van der Waals surface area contributed by atoms with Crippen LogP contribution in [0.4, 0.5) is 0 Å². The molecule has 2 amide bonds. The van der Waals surface area contributed by atoms with Crippen molar-refractivity contribution in [2.75, 3.05) is 20.3 Å². The Labute approximate surface area is 238 Å². The first-order valence-electron chi connectivity index (χ1n) is 15.8. The van der Waals surface area contributed by atoms with Gasteiger partial charge in [0, 0.05) is 19.6 Å². The van der Waals surface area contributed by atoms with Crippen molar-refractivity contribution in [2.24, 2.45) is 11.8 Å². The van der Waals surface area contributed by atoms with E-state index in [1.54, 1.807) is 7.11 Å². The van der Waals surface area contributed by atoms with Crippen molar-refractivity contribution in [3.8, 4) is 5.75 Å². The molecule has 6 nitrogen and oxygen atoms in total. The summed E-state index contributed by atoms with van der Waals surface area (Å²) in [6.45, 7) is 5.87. The average Bonchev–Trinajstić information content (AvgIpc) is 2.94. The number of amides is 2. The predicted octanol–water partition coefficient (Wildman–Crippen LogP) is 7.34. The zero-order valence-electron chi connectivity index (χ0n) is 25.1. The molecule has 0 saturated heterocycles. The summed E-state index contributed by atoms with van der Waals surface area (Å²) in [6.07, 6.45) is 19.1. The standard InChI is InChI=1S/C33H56N2O4/c1-27(2)16-12-9-7-5-4-6-8-10-15-19-32(36)35-31(26-39-25-29-17-13-11-14-18-29)33(37)34-24-28-20-22-30(38-3)23-21-28/h20-23,27,29,31H,4-19,24-26H2,1-3H3,(H,34,37)(H,35,36)/t31-/m0/s1. The summed E-state index contributed by atoms with van der Waals surface area (Å²) >= 11 is 0. The molecule has 222 valence electrons. The first kappa shape index (κ1) is 33.1. The number of ether oxygens (including phenoxy) is 2. The smallest absolute Gasteiger partial charge is 0.245 e. The van der Waals surface area contributed by atoms with Gasteiger partial charge < -0.3 is 20.1 Å². The monoisotopic (exact) mass is 544 g/mol. The average molecular weight is 545 g/mol. The fourth-order valence-corrected chi connectivity index (χ4v) is 5.29. The minimum Gasteiger partial charge on any atom is -0.497 e. The lowest BCUT2D eigenvalue weighted by Crippen LogP contribution is -2.49. The van der Waals surface area contributed by atoms with E-state index >= 15 is 0 Å². The third-order valence-electron chi connectivity index (χ3n) is 7.83. The third-order valence-corrected chi connectivity index (χ3v) is 7.83. The molecule has 2 N–H and O–H groups in total. The largest absolute Gasteiger partial charge is 0.497 e.